The van der Waals surface area contributed by atoms with E-state index >= 15 is 0 Å². The quantitative estimate of drug-likeness (QED) is 0.686. The molecule has 2 heterocycles. The van der Waals surface area contributed by atoms with Gasteiger partial charge in [0.15, 0.2) is 0 Å². The maximum atomic E-state index is 11.1. The van der Waals surface area contributed by atoms with Crippen LogP contribution in [0.25, 0.3) is 21.9 Å². The Balaban J connectivity index is 2.23. The van der Waals surface area contributed by atoms with E-state index in [9.17, 15) is 4.79 Å². The average molecular weight is 228 g/mol. The standard InChI is InChI=1S/C14H12O3/c1-9(15)2-3-12-11-5-7-16-13(11)8-10-4-6-17-14(10)12/h4-8H,2-3H2,1H3. The minimum Gasteiger partial charge on any atom is -0.464 e. The van der Waals surface area contributed by atoms with Crippen molar-refractivity contribution in [2.45, 2.75) is 19.8 Å². The second-order valence-corrected chi connectivity index (χ2v) is 4.23. The highest BCUT2D eigenvalue weighted by molar-refractivity contribution is 5.97. The fourth-order valence-corrected chi connectivity index (χ4v) is 2.17. The topological polar surface area (TPSA) is 43.4 Å². The molecular formula is C14H12O3. The minimum absolute atomic E-state index is 0.185. The van der Waals surface area contributed by atoms with Gasteiger partial charge in [0.05, 0.1) is 12.5 Å². The second kappa shape index (κ2) is 3.77. The van der Waals surface area contributed by atoms with Crippen LogP contribution in [0.3, 0.4) is 0 Å². The highest BCUT2D eigenvalue weighted by Crippen LogP contribution is 2.30. The minimum atomic E-state index is 0.185. The molecule has 3 heteroatoms. The Morgan fingerprint density at radius 2 is 2.06 bits per heavy atom. The summed E-state index contributed by atoms with van der Waals surface area (Å²) in [5.74, 6) is 0.185. The summed E-state index contributed by atoms with van der Waals surface area (Å²) in [4.78, 5) is 11.1. The summed E-state index contributed by atoms with van der Waals surface area (Å²) >= 11 is 0. The van der Waals surface area contributed by atoms with E-state index in [1.807, 2.05) is 18.2 Å². The summed E-state index contributed by atoms with van der Waals surface area (Å²) in [7, 11) is 0. The lowest BCUT2D eigenvalue weighted by Gasteiger charge is -2.02. The number of benzene rings is 1. The molecule has 1 aromatic carbocycles. The van der Waals surface area contributed by atoms with Gasteiger partial charge in [0.1, 0.15) is 16.9 Å². The Morgan fingerprint density at radius 1 is 1.24 bits per heavy atom. The molecule has 0 atom stereocenters. The van der Waals surface area contributed by atoms with Gasteiger partial charge in [-0.1, -0.05) is 0 Å². The van der Waals surface area contributed by atoms with Gasteiger partial charge < -0.3 is 13.6 Å². The normalized spacial score (nSPS) is 11.4. The largest absolute Gasteiger partial charge is 0.464 e. The highest BCUT2D eigenvalue weighted by Gasteiger charge is 2.12. The van der Waals surface area contributed by atoms with Gasteiger partial charge in [-0.25, -0.2) is 0 Å². The number of carbonyl (C=O) groups excluding carboxylic acids is 1. The molecule has 86 valence electrons. The summed E-state index contributed by atoms with van der Waals surface area (Å²) in [6.45, 7) is 1.61. The van der Waals surface area contributed by atoms with E-state index in [2.05, 4.69) is 0 Å². The zero-order chi connectivity index (χ0) is 11.8. The molecule has 2 aromatic heterocycles. The first-order chi connectivity index (χ1) is 8.25. The first-order valence-corrected chi connectivity index (χ1v) is 5.61. The Bertz CT molecular complexity index is 639. The maximum absolute atomic E-state index is 11.1. The van der Waals surface area contributed by atoms with E-state index in [1.54, 1.807) is 19.5 Å². The third kappa shape index (κ3) is 1.64. The molecule has 0 saturated carbocycles. The van der Waals surface area contributed by atoms with Crippen LogP contribution in [-0.2, 0) is 11.2 Å². The van der Waals surface area contributed by atoms with Gasteiger partial charge in [-0.15, -0.1) is 0 Å². The Hall–Kier alpha value is -2.03. The molecule has 0 aliphatic heterocycles. The molecule has 0 N–H and O–H groups in total. The molecule has 0 fully saturated rings. The molecule has 0 radical (unpaired) electrons. The van der Waals surface area contributed by atoms with Gasteiger partial charge in [0.2, 0.25) is 0 Å². The van der Waals surface area contributed by atoms with Crippen LogP contribution in [0.4, 0.5) is 0 Å². The molecule has 0 aliphatic rings. The number of rotatable bonds is 3. The molecule has 3 nitrogen and oxygen atoms in total. The van der Waals surface area contributed by atoms with E-state index in [1.165, 1.54) is 0 Å². The van der Waals surface area contributed by atoms with Crippen molar-refractivity contribution in [1.82, 2.24) is 0 Å². The van der Waals surface area contributed by atoms with Crippen LogP contribution < -0.4 is 0 Å². The van der Waals surface area contributed by atoms with Crippen LogP contribution in [0.1, 0.15) is 18.9 Å². The molecule has 0 unspecified atom stereocenters. The lowest BCUT2D eigenvalue weighted by atomic mass is 10.0. The smallest absolute Gasteiger partial charge is 0.137 e. The monoisotopic (exact) mass is 228 g/mol. The number of hydrogen-bond donors (Lipinski definition) is 0. The van der Waals surface area contributed by atoms with E-state index in [4.69, 9.17) is 8.83 Å². The summed E-state index contributed by atoms with van der Waals surface area (Å²) < 4.78 is 10.9. The number of fused-ring (bicyclic) bond motifs is 2. The van der Waals surface area contributed by atoms with Gasteiger partial charge in [0.25, 0.3) is 0 Å². The first-order valence-electron chi connectivity index (χ1n) is 5.61. The van der Waals surface area contributed by atoms with Gasteiger partial charge >= 0.3 is 0 Å². The van der Waals surface area contributed by atoms with Crippen LogP contribution in [0, 0.1) is 0 Å². The van der Waals surface area contributed by atoms with Crippen molar-refractivity contribution >= 4 is 27.7 Å². The molecule has 17 heavy (non-hydrogen) atoms. The summed E-state index contributed by atoms with van der Waals surface area (Å²) in [6.07, 6.45) is 4.55. The molecule has 0 bridgehead atoms. The predicted octanol–water partition coefficient (Wildman–Crippen LogP) is 3.70. The summed E-state index contributed by atoms with van der Waals surface area (Å²) in [5.41, 5.74) is 2.77. The van der Waals surface area contributed by atoms with Crippen LogP contribution in [0.15, 0.2) is 39.6 Å². The first kappa shape index (κ1) is 10.1. The molecular weight excluding hydrogens is 216 g/mol. The van der Waals surface area contributed by atoms with Crippen molar-refractivity contribution in [3.05, 3.63) is 36.3 Å². The fourth-order valence-electron chi connectivity index (χ4n) is 2.17. The zero-order valence-corrected chi connectivity index (χ0v) is 9.53. The zero-order valence-electron chi connectivity index (χ0n) is 9.53. The highest BCUT2D eigenvalue weighted by atomic mass is 16.3. The van der Waals surface area contributed by atoms with Crippen LogP contribution >= 0.6 is 0 Å². The summed E-state index contributed by atoms with van der Waals surface area (Å²) in [5, 5.41) is 2.06. The van der Waals surface area contributed by atoms with Crippen LogP contribution in [-0.4, -0.2) is 5.78 Å². The summed E-state index contributed by atoms with van der Waals surface area (Å²) in [6, 6.07) is 5.80. The second-order valence-electron chi connectivity index (χ2n) is 4.23. The van der Waals surface area contributed by atoms with E-state index in [-0.39, 0.29) is 5.78 Å². The van der Waals surface area contributed by atoms with Crippen LogP contribution in [0.2, 0.25) is 0 Å². The lowest BCUT2D eigenvalue weighted by molar-refractivity contribution is -0.116. The van der Waals surface area contributed by atoms with Gasteiger partial charge in [-0.2, -0.15) is 0 Å². The SMILES string of the molecule is CC(=O)CCc1c2ccoc2cc2ccoc12. The number of ketones is 1. The van der Waals surface area contributed by atoms with Crippen molar-refractivity contribution in [3.63, 3.8) is 0 Å². The lowest BCUT2D eigenvalue weighted by Crippen LogP contribution is -1.94. The van der Waals surface area contributed by atoms with Crippen molar-refractivity contribution in [3.8, 4) is 0 Å². The Labute approximate surface area is 98.0 Å². The Morgan fingerprint density at radius 3 is 2.88 bits per heavy atom. The number of hydrogen-bond acceptors (Lipinski definition) is 3. The number of furan rings is 2. The third-order valence-electron chi connectivity index (χ3n) is 3.00. The molecule has 0 amide bonds. The van der Waals surface area contributed by atoms with Crippen LogP contribution in [0.5, 0.6) is 0 Å². The molecule has 3 rings (SSSR count). The fraction of sp³-hybridized carbons (Fsp3) is 0.214. The van der Waals surface area contributed by atoms with E-state index < -0.39 is 0 Å². The molecule has 0 saturated heterocycles. The van der Waals surface area contributed by atoms with Crippen molar-refractivity contribution in [2.24, 2.45) is 0 Å². The van der Waals surface area contributed by atoms with E-state index in [0.717, 1.165) is 27.5 Å². The van der Waals surface area contributed by atoms with Crippen molar-refractivity contribution < 1.29 is 13.6 Å². The van der Waals surface area contributed by atoms with Gasteiger partial charge in [-0.3, -0.25) is 0 Å². The van der Waals surface area contributed by atoms with Crippen molar-refractivity contribution in [1.29, 1.82) is 0 Å². The maximum Gasteiger partial charge on any atom is 0.137 e. The van der Waals surface area contributed by atoms with Gasteiger partial charge in [-0.05, 0) is 31.5 Å². The number of aryl methyl sites for hydroxylation is 1. The van der Waals surface area contributed by atoms with Crippen molar-refractivity contribution in [2.75, 3.05) is 0 Å². The number of Topliss-reactive ketones (excluding diaryl/α,β-unsaturated/α-hetero) is 1. The third-order valence-corrected chi connectivity index (χ3v) is 3.00. The molecule has 3 aromatic rings. The Kier molecular flexibility index (Phi) is 2.25. The van der Waals surface area contributed by atoms with E-state index in [0.29, 0.717) is 12.8 Å². The number of carbonyl (C=O) groups is 1. The molecule has 0 spiro atoms. The molecule has 0 aliphatic carbocycles. The predicted molar refractivity (Wildman–Crippen MR) is 65.0 cm³/mol. The average Bonchev–Trinajstić information content (AvgIpc) is 2.90. The van der Waals surface area contributed by atoms with Gasteiger partial charge in [0, 0.05) is 22.8 Å².